The van der Waals surface area contributed by atoms with Crippen LogP contribution in [0.15, 0.2) is 18.2 Å². The Labute approximate surface area is 129 Å². The molecule has 1 atom stereocenters. The van der Waals surface area contributed by atoms with Gasteiger partial charge >= 0.3 is 0 Å². The molecule has 6 heteroatoms. The molecular weight excluding hydrogens is 307 g/mol. The van der Waals surface area contributed by atoms with E-state index < -0.39 is 0 Å². The quantitative estimate of drug-likeness (QED) is 0.907. The number of nitrogens with zero attached hydrogens (tertiary/aromatic N) is 1. The molecule has 0 spiro atoms. The van der Waals surface area contributed by atoms with Crippen LogP contribution < -0.4 is 5.32 Å². The Bertz CT molecular complexity index is 454. The summed E-state index contributed by atoms with van der Waals surface area (Å²) in [6.45, 7) is 4.53. The van der Waals surface area contributed by atoms with Crippen molar-refractivity contribution in [1.29, 1.82) is 0 Å². The predicted molar refractivity (Wildman–Crippen MR) is 81.5 cm³/mol. The van der Waals surface area contributed by atoms with Crippen molar-refractivity contribution in [3.63, 3.8) is 0 Å². The summed E-state index contributed by atoms with van der Waals surface area (Å²) in [4.78, 5) is 14.1. The number of carbonyl (C=O) groups is 1. The second kappa shape index (κ2) is 7.34. The Hall–Kier alpha value is -0.480. The largest absolute Gasteiger partial charge is 0.337 e. The fraction of sp³-hybridized carbons (Fsp3) is 0.462. The molecule has 1 fully saturated rings. The van der Waals surface area contributed by atoms with Crippen molar-refractivity contribution in [3.8, 4) is 0 Å². The van der Waals surface area contributed by atoms with Gasteiger partial charge in [-0.15, -0.1) is 12.4 Å². The zero-order valence-corrected chi connectivity index (χ0v) is 13.0. The molecule has 106 valence electrons. The molecule has 0 bridgehead atoms. The summed E-state index contributed by atoms with van der Waals surface area (Å²) >= 11 is 11.8. The van der Waals surface area contributed by atoms with Gasteiger partial charge in [-0.05, 0) is 24.6 Å². The normalized spacial score (nSPS) is 18.9. The van der Waals surface area contributed by atoms with E-state index in [9.17, 15) is 4.79 Å². The zero-order chi connectivity index (χ0) is 13.1. The third kappa shape index (κ3) is 4.25. The van der Waals surface area contributed by atoms with Gasteiger partial charge in [-0.25, -0.2) is 0 Å². The smallest absolute Gasteiger partial charge is 0.227 e. The van der Waals surface area contributed by atoms with Crippen molar-refractivity contribution in [1.82, 2.24) is 10.2 Å². The summed E-state index contributed by atoms with van der Waals surface area (Å²) in [5, 5.41) is 4.28. The highest BCUT2D eigenvalue weighted by atomic mass is 35.5. The van der Waals surface area contributed by atoms with Gasteiger partial charge in [0, 0.05) is 25.7 Å². The highest BCUT2D eigenvalue weighted by Crippen LogP contribution is 2.23. The Morgan fingerprint density at radius 1 is 1.42 bits per heavy atom. The molecule has 1 saturated heterocycles. The van der Waals surface area contributed by atoms with Crippen LogP contribution in [0.5, 0.6) is 0 Å². The lowest BCUT2D eigenvalue weighted by Gasteiger charge is -2.34. The minimum atomic E-state index is 0. The van der Waals surface area contributed by atoms with Crippen LogP contribution in [0.1, 0.15) is 12.5 Å². The zero-order valence-electron chi connectivity index (χ0n) is 10.7. The van der Waals surface area contributed by atoms with E-state index in [1.54, 1.807) is 12.1 Å². The molecule has 0 aliphatic carbocycles. The fourth-order valence-corrected chi connectivity index (χ4v) is 2.46. The number of nitrogens with one attached hydrogen (secondary N) is 1. The predicted octanol–water partition coefficient (Wildman–Crippen LogP) is 2.78. The van der Waals surface area contributed by atoms with E-state index in [1.165, 1.54) is 0 Å². The van der Waals surface area contributed by atoms with Crippen LogP contribution in [0.25, 0.3) is 0 Å². The molecule has 19 heavy (non-hydrogen) atoms. The van der Waals surface area contributed by atoms with Gasteiger partial charge in [0.2, 0.25) is 5.91 Å². The lowest BCUT2D eigenvalue weighted by Crippen LogP contribution is -2.52. The maximum atomic E-state index is 12.2. The molecule has 1 aromatic rings. The Morgan fingerprint density at radius 2 is 2.16 bits per heavy atom. The van der Waals surface area contributed by atoms with Crippen molar-refractivity contribution in [3.05, 3.63) is 33.8 Å². The lowest BCUT2D eigenvalue weighted by molar-refractivity contribution is -0.133. The number of hydrogen-bond donors (Lipinski definition) is 1. The van der Waals surface area contributed by atoms with Crippen molar-refractivity contribution < 1.29 is 4.79 Å². The molecule has 1 aromatic carbocycles. The summed E-state index contributed by atoms with van der Waals surface area (Å²) in [6, 6.07) is 5.58. The second-order valence-corrected chi connectivity index (χ2v) is 5.38. The summed E-state index contributed by atoms with van der Waals surface area (Å²) in [5.74, 6) is 0.141. The van der Waals surface area contributed by atoms with Crippen LogP contribution in [-0.2, 0) is 11.2 Å². The fourth-order valence-electron chi connectivity index (χ4n) is 2.14. The molecule has 1 unspecified atom stereocenters. The van der Waals surface area contributed by atoms with Gasteiger partial charge in [0.05, 0.1) is 16.5 Å². The molecule has 0 saturated carbocycles. The van der Waals surface area contributed by atoms with E-state index in [1.807, 2.05) is 11.0 Å². The maximum Gasteiger partial charge on any atom is 0.227 e. The molecule has 1 amide bonds. The minimum Gasteiger partial charge on any atom is -0.337 e. The van der Waals surface area contributed by atoms with Crippen LogP contribution >= 0.6 is 35.6 Å². The lowest BCUT2D eigenvalue weighted by atomic mass is 10.1. The summed E-state index contributed by atoms with van der Waals surface area (Å²) in [6.07, 6.45) is 0.376. The van der Waals surface area contributed by atoms with Crippen LogP contribution in [-0.4, -0.2) is 36.5 Å². The number of piperazine rings is 1. The SMILES string of the molecule is CC1CNCCN1C(=O)Cc1ccc(Cl)c(Cl)c1.Cl. The molecule has 0 radical (unpaired) electrons. The first kappa shape index (κ1) is 16.6. The van der Waals surface area contributed by atoms with Gasteiger partial charge in [0.1, 0.15) is 0 Å². The van der Waals surface area contributed by atoms with Gasteiger partial charge in [-0.1, -0.05) is 29.3 Å². The van der Waals surface area contributed by atoms with E-state index >= 15 is 0 Å². The Kier molecular flexibility index (Phi) is 6.40. The van der Waals surface area contributed by atoms with E-state index in [4.69, 9.17) is 23.2 Å². The number of benzene rings is 1. The molecule has 2 rings (SSSR count). The van der Waals surface area contributed by atoms with E-state index in [2.05, 4.69) is 12.2 Å². The first-order valence-electron chi connectivity index (χ1n) is 6.02. The maximum absolute atomic E-state index is 12.2. The Morgan fingerprint density at radius 3 is 2.79 bits per heavy atom. The van der Waals surface area contributed by atoms with Crippen molar-refractivity contribution in [2.24, 2.45) is 0 Å². The molecule has 1 heterocycles. The molecule has 1 N–H and O–H groups in total. The average molecular weight is 324 g/mol. The van der Waals surface area contributed by atoms with Crippen molar-refractivity contribution in [2.45, 2.75) is 19.4 Å². The number of amides is 1. The van der Waals surface area contributed by atoms with Crippen LogP contribution in [0.3, 0.4) is 0 Å². The number of carbonyl (C=O) groups excluding carboxylic acids is 1. The molecule has 1 aliphatic heterocycles. The molecule has 0 aromatic heterocycles. The number of rotatable bonds is 2. The van der Waals surface area contributed by atoms with E-state index in [0.717, 1.165) is 25.2 Å². The third-order valence-corrected chi connectivity index (χ3v) is 3.90. The average Bonchev–Trinajstić information content (AvgIpc) is 2.34. The standard InChI is InChI=1S/C13H16Cl2N2O.ClH/c1-9-8-16-4-5-17(9)13(18)7-10-2-3-11(14)12(15)6-10;/h2-3,6,9,16H,4-5,7-8H2,1H3;1H. The van der Waals surface area contributed by atoms with Gasteiger partial charge in [0.25, 0.3) is 0 Å². The van der Waals surface area contributed by atoms with Crippen LogP contribution in [0.2, 0.25) is 10.0 Å². The Balaban J connectivity index is 0.00000180. The minimum absolute atomic E-state index is 0. The first-order valence-corrected chi connectivity index (χ1v) is 6.77. The van der Waals surface area contributed by atoms with Gasteiger partial charge < -0.3 is 10.2 Å². The number of halogens is 3. The van der Waals surface area contributed by atoms with Gasteiger partial charge in [-0.2, -0.15) is 0 Å². The van der Waals surface area contributed by atoms with Crippen LogP contribution in [0, 0.1) is 0 Å². The van der Waals surface area contributed by atoms with E-state index in [-0.39, 0.29) is 24.4 Å². The highest BCUT2D eigenvalue weighted by Gasteiger charge is 2.22. The highest BCUT2D eigenvalue weighted by molar-refractivity contribution is 6.42. The van der Waals surface area contributed by atoms with Crippen molar-refractivity contribution >= 4 is 41.5 Å². The second-order valence-electron chi connectivity index (χ2n) is 4.57. The van der Waals surface area contributed by atoms with Crippen molar-refractivity contribution in [2.75, 3.05) is 19.6 Å². The number of hydrogen-bond acceptors (Lipinski definition) is 2. The van der Waals surface area contributed by atoms with Gasteiger partial charge in [-0.3, -0.25) is 4.79 Å². The topological polar surface area (TPSA) is 32.3 Å². The molecule has 1 aliphatic rings. The summed E-state index contributed by atoms with van der Waals surface area (Å²) in [5.41, 5.74) is 0.903. The molecular formula is C13H17Cl3N2O. The van der Waals surface area contributed by atoms with E-state index in [0.29, 0.717) is 16.5 Å². The summed E-state index contributed by atoms with van der Waals surface area (Å²) in [7, 11) is 0. The van der Waals surface area contributed by atoms with Crippen LogP contribution in [0.4, 0.5) is 0 Å². The monoisotopic (exact) mass is 322 g/mol. The molecule has 3 nitrogen and oxygen atoms in total. The third-order valence-electron chi connectivity index (χ3n) is 3.16. The first-order chi connectivity index (χ1) is 8.58. The summed E-state index contributed by atoms with van der Waals surface area (Å²) < 4.78 is 0. The van der Waals surface area contributed by atoms with Gasteiger partial charge in [0.15, 0.2) is 0 Å².